The fourth-order valence-electron chi connectivity index (χ4n) is 2.71. The molecule has 3 rings (SSSR count). The number of ether oxygens (including phenoxy) is 2. The number of carbonyl (C=O) groups excluding carboxylic acids is 1. The molecular weight excluding hydrogens is 410 g/mol. The van der Waals surface area contributed by atoms with Crippen LogP contribution in [0.1, 0.15) is 12.5 Å². The number of nitrogens with zero attached hydrogens (tertiary/aromatic N) is 2. The number of imidazole rings is 1. The lowest BCUT2D eigenvalue weighted by Gasteiger charge is -2.16. The molecule has 0 aliphatic rings. The molecule has 3 aromatic rings. The van der Waals surface area contributed by atoms with Crippen LogP contribution in [-0.2, 0) is 4.79 Å². The Morgan fingerprint density at radius 3 is 2.76 bits per heavy atom. The second-order valence-corrected chi connectivity index (χ2v) is 8.05. The third kappa shape index (κ3) is 4.86. The van der Waals surface area contributed by atoms with Gasteiger partial charge in [-0.15, -0.1) is 0 Å². The van der Waals surface area contributed by atoms with Gasteiger partial charge in [-0.25, -0.2) is 4.98 Å². The van der Waals surface area contributed by atoms with Gasteiger partial charge in [-0.1, -0.05) is 29.4 Å². The second-order valence-electron chi connectivity index (χ2n) is 6.33. The van der Waals surface area contributed by atoms with Gasteiger partial charge >= 0.3 is 0 Å². The van der Waals surface area contributed by atoms with Crippen molar-refractivity contribution in [1.29, 1.82) is 0 Å². The van der Waals surface area contributed by atoms with Crippen LogP contribution in [0.15, 0.2) is 53.9 Å². The summed E-state index contributed by atoms with van der Waals surface area (Å²) in [6, 6.07) is 11.2. The molecule has 1 unspecified atom stereocenters. The van der Waals surface area contributed by atoms with Crippen molar-refractivity contribution < 1.29 is 14.3 Å². The lowest BCUT2D eigenvalue weighted by atomic mass is 10.2. The van der Waals surface area contributed by atoms with Crippen LogP contribution >= 0.6 is 23.4 Å². The summed E-state index contributed by atoms with van der Waals surface area (Å²) in [6.07, 6.45) is 3.56. The smallest absolute Gasteiger partial charge is 0.237 e. The minimum atomic E-state index is -0.387. The zero-order valence-electron chi connectivity index (χ0n) is 16.6. The molecule has 1 heterocycles. The summed E-state index contributed by atoms with van der Waals surface area (Å²) in [4.78, 5) is 17.2. The van der Waals surface area contributed by atoms with E-state index in [4.69, 9.17) is 21.1 Å². The van der Waals surface area contributed by atoms with E-state index in [-0.39, 0.29) is 11.2 Å². The highest BCUT2D eigenvalue weighted by Crippen LogP contribution is 2.32. The van der Waals surface area contributed by atoms with E-state index < -0.39 is 0 Å². The number of methoxy groups -OCH3 is 2. The van der Waals surface area contributed by atoms with E-state index in [2.05, 4.69) is 10.3 Å². The first kappa shape index (κ1) is 21.1. The number of hydrogen-bond acceptors (Lipinski definition) is 5. The van der Waals surface area contributed by atoms with Gasteiger partial charge in [0, 0.05) is 29.5 Å². The number of carbonyl (C=O) groups is 1. The highest BCUT2D eigenvalue weighted by molar-refractivity contribution is 8.00. The Labute approximate surface area is 179 Å². The van der Waals surface area contributed by atoms with Gasteiger partial charge in [0.15, 0.2) is 5.16 Å². The molecule has 1 amide bonds. The van der Waals surface area contributed by atoms with Gasteiger partial charge in [0.25, 0.3) is 0 Å². The SMILES string of the molecule is COc1cccc(-n2ccnc2SC(C)C(=O)Nc2cc(C)c(Cl)cc2OC)c1. The zero-order chi connectivity index (χ0) is 21.0. The lowest BCUT2D eigenvalue weighted by Crippen LogP contribution is -2.23. The average molecular weight is 432 g/mol. The molecule has 6 nitrogen and oxygen atoms in total. The molecule has 0 aliphatic carbocycles. The standard InChI is InChI=1S/C21H22ClN3O3S/c1-13-10-18(19(28-4)12-17(13)22)24-20(26)14(2)29-21-23-8-9-25(21)15-6-5-7-16(11-15)27-3/h5-12,14H,1-4H3,(H,24,26). The number of amides is 1. The molecule has 0 radical (unpaired) electrons. The van der Waals surface area contributed by atoms with Crippen molar-refractivity contribution in [2.24, 2.45) is 0 Å². The first-order chi connectivity index (χ1) is 13.9. The largest absolute Gasteiger partial charge is 0.497 e. The molecule has 0 saturated carbocycles. The van der Waals surface area contributed by atoms with Crippen LogP contribution in [0.3, 0.4) is 0 Å². The van der Waals surface area contributed by atoms with Gasteiger partial charge in [0.2, 0.25) is 5.91 Å². The van der Waals surface area contributed by atoms with Gasteiger partial charge in [-0.2, -0.15) is 0 Å². The lowest BCUT2D eigenvalue weighted by molar-refractivity contribution is -0.115. The molecule has 0 bridgehead atoms. The Morgan fingerprint density at radius 2 is 2.03 bits per heavy atom. The molecule has 1 aromatic heterocycles. The van der Waals surface area contributed by atoms with Crippen LogP contribution in [0, 0.1) is 6.92 Å². The first-order valence-corrected chi connectivity index (χ1v) is 10.2. The number of thioether (sulfide) groups is 1. The summed E-state index contributed by atoms with van der Waals surface area (Å²) in [5.74, 6) is 1.11. The van der Waals surface area contributed by atoms with Crippen LogP contribution < -0.4 is 14.8 Å². The van der Waals surface area contributed by atoms with Crippen LogP contribution in [0.25, 0.3) is 5.69 Å². The van der Waals surface area contributed by atoms with E-state index in [0.29, 0.717) is 21.6 Å². The number of aryl methyl sites for hydroxylation is 1. The molecule has 2 aromatic carbocycles. The van der Waals surface area contributed by atoms with E-state index >= 15 is 0 Å². The average Bonchev–Trinajstić information content (AvgIpc) is 3.18. The predicted octanol–water partition coefficient (Wildman–Crippen LogP) is 4.97. The summed E-state index contributed by atoms with van der Waals surface area (Å²) in [5, 5.41) is 3.83. The van der Waals surface area contributed by atoms with Gasteiger partial charge in [0.05, 0.1) is 30.8 Å². The van der Waals surface area contributed by atoms with E-state index in [1.54, 1.807) is 32.5 Å². The maximum absolute atomic E-state index is 12.8. The zero-order valence-corrected chi connectivity index (χ0v) is 18.2. The number of nitrogens with one attached hydrogen (secondary N) is 1. The Balaban J connectivity index is 1.76. The molecule has 0 saturated heterocycles. The predicted molar refractivity (Wildman–Crippen MR) is 117 cm³/mol. The molecule has 1 atom stereocenters. The molecule has 0 spiro atoms. The van der Waals surface area contributed by atoms with Gasteiger partial charge in [-0.3, -0.25) is 9.36 Å². The van der Waals surface area contributed by atoms with Gasteiger partial charge in [0.1, 0.15) is 11.5 Å². The van der Waals surface area contributed by atoms with Gasteiger partial charge in [-0.05, 0) is 37.6 Å². The number of aromatic nitrogens is 2. The van der Waals surface area contributed by atoms with Crippen molar-refractivity contribution in [2.45, 2.75) is 24.3 Å². The highest BCUT2D eigenvalue weighted by atomic mass is 35.5. The van der Waals surface area contributed by atoms with Crippen molar-refractivity contribution in [3.63, 3.8) is 0 Å². The fraction of sp³-hybridized carbons (Fsp3) is 0.238. The van der Waals surface area contributed by atoms with Gasteiger partial charge < -0.3 is 14.8 Å². The third-order valence-electron chi connectivity index (χ3n) is 4.33. The first-order valence-electron chi connectivity index (χ1n) is 8.92. The van der Waals surface area contributed by atoms with E-state index in [0.717, 1.165) is 17.0 Å². The molecule has 152 valence electrons. The molecule has 0 fully saturated rings. The summed E-state index contributed by atoms with van der Waals surface area (Å²) >= 11 is 7.50. The van der Waals surface area contributed by atoms with Crippen molar-refractivity contribution in [3.8, 4) is 17.2 Å². The van der Waals surface area contributed by atoms with Crippen LogP contribution in [-0.4, -0.2) is 34.9 Å². The Morgan fingerprint density at radius 1 is 1.24 bits per heavy atom. The molecule has 1 N–H and O–H groups in total. The summed E-state index contributed by atoms with van der Waals surface area (Å²) in [5.41, 5.74) is 2.35. The summed E-state index contributed by atoms with van der Waals surface area (Å²) in [6.45, 7) is 3.71. The highest BCUT2D eigenvalue weighted by Gasteiger charge is 2.20. The van der Waals surface area contributed by atoms with Crippen LogP contribution in [0.5, 0.6) is 11.5 Å². The summed E-state index contributed by atoms with van der Waals surface area (Å²) in [7, 11) is 3.17. The van der Waals surface area contributed by atoms with Crippen molar-refractivity contribution >= 4 is 35.0 Å². The monoisotopic (exact) mass is 431 g/mol. The maximum atomic E-state index is 12.8. The second kappa shape index (κ2) is 9.24. The Kier molecular flexibility index (Phi) is 6.71. The van der Waals surface area contributed by atoms with E-state index in [1.807, 2.05) is 48.9 Å². The number of hydrogen-bond donors (Lipinski definition) is 1. The van der Waals surface area contributed by atoms with Crippen molar-refractivity contribution in [2.75, 3.05) is 19.5 Å². The Hall–Kier alpha value is -2.64. The van der Waals surface area contributed by atoms with Crippen LogP contribution in [0.2, 0.25) is 5.02 Å². The number of rotatable bonds is 7. The van der Waals surface area contributed by atoms with E-state index in [9.17, 15) is 4.79 Å². The molecule has 8 heteroatoms. The van der Waals surface area contributed by atoms with Crippen LogP contribution in [0.4, 0.5) is 5.69 Å². The molecule has 29 heavy (non-hydrogen) atoms. The molecular formula is C21H22ClN3O3S. The van der Waals surface area contributed by atoms with Crippen molar-refractivity contribution in [3.05, 3.63) is 59.4 Å². The van der Waals surface area contributed by atoms with E-state index in [1.165, 1.54) is 11.8 Å². The third-order valence-corrected chi connectivity index (χ3v) is 5.82. The minimum absolute atomic E-state index is 0.157. The number of benzene rings is 2. The number of anilines is 1. The maximum Gasteiger partial charge on any atom is 0.237 e. The number of halogens is 1. The minimum Gasteiger partial charge on any atom is -0.497 e. The molecule has 0 aliphatic heterocycles. The van der Waals surface area contributed by atoms with Crippen molar-refractivity contribution in [1.82, 2.24) is 9.55 Å². The Bertz CT molecular complexity index is 1020. The fourth-order valence-corrected chi connectivity index (χ4v) is 3.75. The normalized spacial score (nSPS) is 11.8. The topological polar surface area (TPSA) is 65.4 Å². The summed E-state index contributed by atoms with van der Waals surface area (Å²) < 4.78 is 12.5. The quantitative estimate of drug-likeness (QED) is 0.535.